The molecule has 4 heterocycles. The van der Waals surface area contributed by atoms with E-state index in [1.54, 1.807) is 13.2 Å². The van der Waals surface area contributed by atoms with Crippen LogP contribution in [0.4, 0.5) is 0 Å². The van der Waals surface area contributed by atoms with Crippen molar-refractivity contribution < 1.29 is 14.1 Å². The molecule has 1 aromatic heterocycles. The van der Waals surface area contributed by atoms with E-state index >= 15 is 0 Å². The van der Waals surface area contributed by atoms with E-state index in [2.05, 4.69) is 40.1 Å². The number of aromatic nitrogens is 2. The fraction of sp³-hybridized carbons (Fsp3) is 0.522. The normalized spacial score (nSPS) is 24.2. The molecule has 0 bridgehead atoms. The minimum atomic E-state index is -0.459. The van der Waals surface area contributed by atoms with E-state index in [-0.39, 0.29) is 18.0 Å². The van der Waals surface area contributed by atoms with Crippen LogP contribution in [0.5, 0.6) is 5.75 Å². The van der Waals surface area contributed by atoms with Gasteiger partial charge < -0.3 is 19.9 Å². The Hall–Kier alpha value is -2.91. The van der Waals surface area contributed by atoms with Crippen LogP contribution in [-0.2, 0) is 10.2 Å². The maximum Gasteiger partial charge on any atom is 0.247 e. The highest BCUT2D eigenvalue weighted by Crippen LogP contribution is 2.36. The number of amides is 1. The number of carbonyl (C=O) groups is 1. The number of benzene rings is 1. The molecule has 0 aliphatic carbocycles. The summed E-state index contributed by atoms with van der Waals surface area (Å²) in [5.41, 5.74) is 5.12. The molecule has 0 radical (unpaired) electrons. The molecular formula is C23H30N6O3. The highest BCUT2D eigenvalue weighted by atomic mass is 16.5. The smallest absolute Gasteiger partial charge is 0.247 e. The van der Waals surface area contributed by atoms with Gasteiger partial charge in [0.05, 0.1) is 18.4 Å². The molecule has 1 aromatic carbocycles. The lowest BCUT2D eigenvalue weighted by Gasteiger charge is -2.38. The lowest BCUT2D eigenvalue weighted by atomic mass is 9.84. The number of carbonyl (C=O) groups excluding carboxylic acids is 1. The second-order valence-corrected chi connectivity index (χ2v) is 9.20. The Balaban J connectivity index is 1.37. The first-order valence-corrected chi connectivity index (χ1v) is 11.2. The minimum absolute atomic E-state index is 0.0595. The average molecular weight is 439 g/mol. The number of hydrogen-bond acceptors (Lipinski definition) is 8. The number of hydrazine groups is 1. The van der Waals surface area contributed by atoms with Crippen molar-refractivity contribution in [2.75, 3.05) is 26.7 Å². The maximum atomic E-state index is 12.5. The van der Waals surface area contributed by atoms with Gasteiger partial charge >= 0.3 is 0 Å². The second kappa shape index (κ2) is 8.22. The lowest BCUT2D eigenvalue weighted by Crippen LogP contribution is -2.54. The number of hydrogen-bond donors (Lipinski definition) is 3. The van der Waals surface area contributed by atoms with Crippen molar-refractivity contribution in [1.82, 2.24) is 31.2 Å². The minimum Gasteiger partial charge on any atom is -0.497 e. The summed E-state index contributed by atoms with van der Waals surface area (Å²) in [5, 5.41) is 12.9. The lowest BCUT2D eigenvalue weighted by molar-refractivity contribution is -0.119. The molecule has 2 unspecified atom stereocenters. The molecule has 2 aromatic rings. The molecule has 5 rings (SSSR count). The number of allylic oxidation sites excluding steroid dienone is 1. The molecule has 32 heavy (non-hydrogen) atoms. The summed E-state index contributed by atoms with van der Waals surface area (Å²) < 4.78 is 11.0. The third-order valence-electron chi connectivity index (χ3n) is 6.87. The Bertz CT molecular complexity index is 1010. The summed E-state index contributed by atoms with van der Waals surface area (Å²) in [6.07, 6.45) is 3.55. The molecule has 9 heteroatoms. The molecule has 2 saturated heterocycles. The Labute approximate surface area is 187 Å². The van der Waals surface area contributed by atoms with Crippen molar-refractivity contribution >= 4 is 5.91 Å². The third-order valence-corrected chi connectivity index (χ3v) is 6.87. The number of piperidine rings is 1. The Kier molecular flexibility index (Phi) is 5.38. The maximum absolute atomic E-state index is 12.5. The predicted octanol–water partition coefficient (Wildman–Crippen LogP) is 1.65. The fourth-order valence-corrected chi connectivity index (χ4v) is 4.83. The summed E-state index contributed by atoms with van der Waals surface area (Å²) in [6.45, 7) is 6.70. The molecular weight excluding hydrogens is 408 g/mol. The first-order chi connectivity index (χ1) is 15.5. The van der Waals surface area contributed by atoms with Gasteiger partial charge in [0, 0.05) is 24.2 Å². The zero-order valence-corrected chi connectivity index (χ0v) is 18.7. The van der Waals surface area contributed by atoms with Gasteiger partial charge in [-0.3, -0.25) is 9.80 Å². The molecule has 1 amide bonds. The van der Waals surface area contributed by atoms with Gasteiger partial charge in [-0.05, 0) is 57.5 Å². The number of rotatable bonds is 5. The van der Waals surface area contributed by atoms with Crippen LogP contribution in [0.15, 0.2) is 40.6 Å². The Morgan fingerprint density at radius 2 is 1.94 bits per heavy atom. The third kappa shape index (κ3) is 3.65. The van der Waals surface area contributed by atoms with Crippen LogP contribution in [0, 0.1) is 5.92 Å². The largest absolute Gasteiger partial charge is 0.497 e. The number of methoxy groups -OCH3 is 1. The van der Waals surface area contributed by atoms with Gasteiger partial charge in [-0.15, -0.1) is 0 Å². The number of nitrogens with one attached hydrogen (secondary N) is 3. The molecule has 2 atom stereocenters. The number of ether oxygens (including phenoxy) is 1. The van der Waals surface area contributed by atoms with Crippen molar-refractivity contribution in [3.8, 4) is 5.75 Å². The standard InChI is InChI=1S/C23H30N6O3/c1-23(2,15-4-6-16(31-3)7-5-15)22-27-20(28-32-22)17-13-25-29-18(12-19(30)26-21(17)29)14-8-10-24-11-9-14/h4-7,12,14,17,21,24-25H,8-11,13H2,1-3H3,(H,26,30). The zero-order valence-electron chi connectivity index (χ0n) is 18.7. The summed E-state index contributed by atoms with van der Waals surface area (Å²) in [4.78, 5) is 17.3. The quantitative estimate of drug-likeness (QED) is 0.647. The monoisotopic (exact) mass is 438 g/mol. The van der Waals surface area contributed by atoms with E-state index in [0.717, 1.165) is 42.9 Å². The molecule has 0 saturated carbocycles. The summed E-state index contributed by atoms with van der Waals surface area (Å²) in [6, 6.07) is 7.89. The summed E-state index contributed by atoms with van der Waals surface area (Å²) in [7, 11) is 1.65. The molecule has 9 nitrogen and oxygen atoms in total. The van der Waals surface area contributed by atoms with Crippen LogP contribution in [0.3, 0.4) is 0 Å². The van der Waals surface area contributed by atoms with Crippen molar-refractivity contribution in [3.63, 3.8) is 0 Å². The molecule has 3 aliphatic rings. The van der Waals surface area contributed by atoms with E-state index in [1.807, 2.05) is 24.3 Å². The van der Waals surface area contributed by atoms with Crippen LogP contribution in [-0.4, -0.2) is 54.0 Å². The second-order valence-electron chi connectivity index (χ2n) is 9.20. The van der Waals surface area contributed by atoms with E-state index in [9.17, 15) is 4.79 Å². The molecule has 0 spiro atoms. The van der Waals surface area contributed by atoms with Crippen LogP contribution in [0.2, 0.25) is 0 Å². The van der Waals surface area contributed by atoms with Crippen molar-refractivity contribution in [3.05, 3.63) is 53.3 Å². The Morgan fingerprint density at radius 1 is 1.19 bits per heavy atom. The highest BCUT2D eigenvalue weighted by molar-refractivity contribution is 5.89. The molecule has 2 fully saturated rings. The molecule has 170 valence electrons. The van der Waals surface area contributed by atoms with Gasteiger partial charge in [0.25, 0.3) is 0 Å². The van der Waals surface area contributed by atoms with Gasteiger partial charge in [-0.2, -0.15) is 4.98 Å². The van der Waals surface area contributed by atoms with Gasteiger partial charge in [0.1, 0.15) is 11.9 Å². The van der Waals surface area contributed by atoms with Crippen LogP contribution in [0.25, 0.3) is 0 Å². The Morgan fingerprint density at radius 3 is 2.66 bits per heavy atom. The SMILES string of the molecule is COc1ccc(C(C)(C)c2nc(C3CNN4C(C5CCNCC5)=CC(=O)NC34)no2)cc1. The van der Waals surface area contributed by atoms with Gasteiger partial charge in [0.15, 0.2) is 5.82 Å². The van der Waals surface area contributed by atoms with E-state index in [0.29, 0.717) is 24.2 Å². The topological polar surface area (TPSA) is 105 Å². The van der Waals surface area contributed by atoms with Crippen molar-refractivity contribution in [2.24, 2.45) is 5.92 Å². The fourth-order valence-electron chi connectivity index (χ4n) is 4.83. The van der Waals surface area contributed by atoms with Crippen LogP contribution >= 0.6 is 0 Å². The van der Waals surface area contributed by atoms with E-state index in [1.165, 1.54) is 0 Å². The first kappa shape index (κ1) is 21.0. The van der Waals surface area contributed by atoms with Gasteiger partial charge in [-0.25, -0.2) is 5.43 Å². The average Bonchev–Trinajstić information content (AvgIpc) is 3.47. The molecule has 3 N–H and O–H groups in total. The zero-order chi connectivity index (χ0) is 22.3. The summed E-state index contributed by atoms with van der Waals surface area (Å²) >= 11 is 0. The molecule has 3 aliphatic heterocycles. The number of nitrogens with zero attached hydrogens (tertiary/aromatic N) is 3. The number of fused-ring (bicyclic) bond motifs is 1. The van der Waals surface area contributed by atoms with Crippen molar-refractivity contribution in [1.29, 1.82) is 0 Å². The van der Waals surface area contributed by atoms with Gasteiger partial charge in [-0.1, -0.05) is 17.3 Å². The van der Waals surface area contributed by atoms with E-state index < -0.39 is 5.41 Å². The predicted molar refractivity (Wildman–Crippen MR) is 118 cm³/mol. The van der Waals surface area contributed by atoms with Crippen LogP contribution < -0.4 is 20.8 Å². The van der Waals surface area contributed by atoms with Crippen LogP contribution in [0.1, 0.15) is 49.9 Å². The first-order valence-electron chi connectivity index (χ1n) is 11.2. The van der Waals surface area contributed by atoms with E-state index in [4.69, 9.17) is 14.2 Å². The highest BCUT2D eigenvalue weighted by Gasteiger charge is 2.44. The summed E-state index contributed by atoms with van der Waals surface area (Å²) in [5.74, 6) is 2.16. The van der Waals surface area contributed by atoms with Crippen molar-refractivity contribution in [2.45, 2.75) is 44.2 Å². The van der Waals surface area contributed by atoms with Gasteiger partial charge in [0.2, 0.25) is 11.8 Å².